The summed E-state index contributed by atoms with van der Waals surface area (Å²) >= 11 is 5.89. The Morgan fingerprint density at radius 1 is 1.11 bits per heavy atom. The number of hydrogen-bond acceptors (Lipinski definition) is 5. The summed E-state index contributed by atoms with van der Waals surface area (Å²) in [5, 5.41) is 13.9. The van der Waals surface area contributed by atoms with E-state index in [1.165, 1.54) is 6.07 Å². The number of nitrogens with zero attached hydrogens (tertiary/aromatic N) is 1. The van der Waals surface area contributed by atoms with Crippen molar-refractivity contribution >= 4 is 17.5 Å². The number of halogens is 4. The van der Waals surface area contributed by atoms with Crippen LogP contribution in [0.5, 0.6) is 0 Å². The number of aliphatic hydroxyl groups is 1. The number of nitrogens with one attached hydrogen (secondary N) is 1. The van der Waals surface area contributed by atoms with Crippen LogP contribution in [-0.2, 0) is 33.5 Å². The highest BCUT2D eigenvalue weighted by atomic mass is 35.5. The minimum atomic E-state index is -4.42. The Labute approximate surface area is 213 Å². The molecule has 2 saturated heterocycles. The topological polar surface area (TPSA) is 71.0 Å². The van der Waals surface area contributed by atoms with E-state index < -0.39 is 17.8 Å². The summed E-state index contributed by atoms with van der Waals surface area (Å²) in [6.45, 7) is 1.24. The van der Waals surface area contributed by atoms with Crippen molar-refractivity contribution in [3.05, 3.63) is 70.2 Å². The molecule has 2 heterocycles. The van der Waals surface area contributed by atoms with Gasteiger partial charge in [-0.2, -0.15) is 13.2 Å². The first-order valence-corrected chi connectivity index (χ1v) is 12.4. The second-order valence-electron chi connectivity index (χ2n) is 9.37. The third kappa shape index (κ3) is 7.43. The number of ether oxygens (including phenoxy) is 2. The van der Waals surface area contributed by atoms with Gasteiger partial charge in [0.2, 0.25) is 5.91 Å². The molecule has 1 amide bonds. The first kappa shape index (κ1) is 26.9. The number of β-amino-alcohol motifs (C(OH)–C–C–N with tert-alkyl or cyclic N) is 1. The van der Waals surface area contributed by atoms with Crippen LogP contribution in [0.4, 0.5) is 13.2 Å². The highest BCUT2D eigenvalue weighted by Crippen LogP contribution is 2.32. The molecule has 0 radical (unpaired) electrons. The molecule has 2 fully saturated rings. The number of aliphatic hydroxyl groups excluding tert-OH is 1. The Morgan fingerprint density at radius 2 is 1.89 bits per heavy atom. The van der Waals surface area contributed by atoms with Crippen LogP contribution in [0, 0.1) is 0 Å². The number of alkyl halides is 3. The molecule has 0 unspecified atom stereocenters. The Hall–Kier alpha value is -2.17. The molecular formula is C26H30ClF3N2O4. The number of carbonyl (C=O) groups is 1. The minimum absolute atomic E-state index is 0.109. The van der Waals surface area contributed by atoms with Gasteiger partial charge in [0.1, 0.15) is 0 Å². The third-order valence-corrected chi connectivity index (χ3v) is 6.80. The maximum absolute atomic E-state index is 13.2. The van der Waals surface area contributed by atoms with Gasteiger partial charge in [0, 0.05) is 30.7 Å². The van der Waals surface area contributed by atoms with E-state index in [0.29, 0.717) is 30.0 Å². The zero-order chi connectivity index (χ0) is 25.7. The van der Waals surface area contributed by atoms with Crippen LogP contribution in [0.15, 0.2) is 48.5 Å². The van der Waals surface area contributed by atoms with E-state index in [2.05, 4.69) is 5.32 Å². The molecular weight excluding hydrogens is 497 g/mol. The first-order chi connectivity index (χ1) is 17.2. The number of fused-ring (bicyclic) bond motifs is 1. The van der Waals surface area contributed by atoms with Crippen LogP contribution < -0.4 is 5.32 Å². The Balaban J connectivity index is 1.37. The molecule has 2 aliphatic rings. The Morgan fingerprint density at radius 3 is 2.64 bits per heavy atom. The van der Waals surface area contributed by atoms with Crippen LogP contribution >= 0.6 is 11.6 Å². The normalized spacial score (nSPS) is 25.5. The van der Waals surface area contributed by atoms with Gasteiger partial charge in [0.15, 0.2) is 0 Å². The fourth-order valence-corrected chi connectivity index (χ4v) is 4.92. The monoisotopic (exact) mass is 526 g/mol. The van der Waals surface area contributed by atoms with Gasteiger partial charge in [-0.3, -0.25) is 9.69 Å². The molecule has 196 valence electrons. The van der Waals surface area contributed by atoms with E-state index in [9.17, 15) is 23.1 Å². The first-order valence-electron chi connectivity index (χ1n) is 12.0. The van der Waals surface area contributed by atoms with Crippen molar-refractivity contribution in [1.29, 1.82) is 0 Å². The molecule has 4 rings (SSSR count). The van der Waals surface area contributed by atoms with Crippen molar-refractivity contribution in [3.8, 4) is 0 Å². The molecule has 2 N–H and O–H groups in total. The van der Waals surface area contributed by atoms with Gasteiger partial charge >= 0.3 is 6.18 Å². The van der Waals surface area contributed by atoms with Crippen LogP contribution in [0.1, 0.15) is 36.0 Å². The van der Waals surface area contributed by atoms with Gasteiger partial charge in [-0.15, -0.1) is 0 Å². The van der Waals surface area contributed by atoms with Crippen molar-refractivity contribution in [3.63, 3.8) is 0 Å². The maximum Gasteiger partial charge on any atom is 0.416 e. The lowest BCUT2D eigenvalue weighted by molar-refractivity contribution is -0.158. The molecule has 0 aromatic heterocycles. The van der Waals surface area contributed by atoms with Crippen molar-refractivity contribution in [2.45, 2.75) is 62.9 Å². The van der Waals surface area contributed by atoms with Crippen molar-refractivity contribution < 1.29 is 32.5 Å². The van der Waals surface area contributed by atoms with E-state index in [1.54, 1.807) is 18.2 Å². The average Bonchev–Trinajstić information content (AvgIpc) is 2.82. The molecule has 36 heavy (non-hydrogen) atoms. The molecule has 10 heteroatoms. The largest absolute Gasteiger partial charge is 0.416 e. The zero-order valence-electron chi connectivity index (χ0n) is 19.7. The highest BCUT2D eigenvalue weighted by Gasteiger charge is 2.38. The second kappa shape index (κ2) is 11.9. The van der Waals surface area contributed by atoms with Crippen molar-refractivity contribution in [1.82, 2.24) is 10.2 Å². The van der Waals surface area contributed by atoms with Gasteiger partial charge in [0.05, 0.1) is 43.5 Å². The Kier molecular flexibility index (Phi) is 8.90. The average molecular weight is 527 g/mol. The SMILES string of the molecule is O=C(C[C@H]1CC[C@H]2[C@@H](COC[C@H](O)CN2Cc2cccc(C(F)(F)F)c2)O1)NCc1ccc(Cl)cc1. The molecule has 4 atom stereocenters. The summed E-state index contributed by atoms with van der Waals surface area (Å²) in [7, 11) is 0. The van der Waals surface area contributed by atoms with Crippen LogP contribution in [0.25, 0.3) is 0 Å². The summed E-state index contributed by atoms with van der Waals surface area (Å²) in [6.07, 6.45) is -4.33. The van der Waals surface area contributed by atoms with Gasteiger partial charge < -0.3 is 19.9 Å². The van der Waals surface area contributed by atoms with Gasteiger partial charge in [-0.1, -0.05) is 41.9 Å². The molecule has 6 nitrogen and oxygen atoms in total. The standard InChI is InChI=1S/C26H30ClF3N2O4/c27-20-6-4-17(5-7-20)12-31-25(34)11-22-8-9-23-24(36-22)16-35-15-21(33)14-32(23)13-18-2-1-3-19(10-18)26(28,29)30/h1-7,10,21-24,33H,8-9,11-16H2,(H,31,34)/t21-,22-,23+,24-/m1/s1. The summed E-state index contributed by atoms with van der Waals surface area (Å²) in [6, 6.07) is 12.3. The fraction of sp³-hybridized carbons (Fsp3) is 0.500. The summed E-state index contributed by atoms with van der Waals surface area (Å²) in [5.41, 5.74) is 0.757. The highest BCUT2D eigenvalue weighted by molar-refractivity contribution is 6.30. The molecule has 0 aliphatic carbocycles. The molecule has 0 spiro atoms. The predicted molar refractivity (Wildman–Crippen MR) is 128 cm³/mol. The Bertz CT molecular complexity index is 1020. The minimum Gasteiger partial charge on any atom is -0.389 e. The lowest BCUT2D eigenvalue weighted by Crippen LogP contribution is -2.55. The second-order valence-corrected chi connectivity index (χ2v) is 9.80. The lowest BCUT2D eigenvalue weighted by atomic mass is 9.94. The lowest BCUT2D eigenvalue weighted by Gasteiger charge is -2.44. The molecule has 2 aromatic rings. The van der Waals surface area contributed by atoms with E-state index >= 15 is 0 Å². The number of amides is 1. The smallest absolute Gasteiger partial charge is 0.389 e. The molecule has 0 bridgehead atoms. The van der Waals surface area contributed by atoms with Gasteiger partial charge in [-0.25, -0.2) is 0 Å². The molecule has 2 aliphatic heterocycles. The van der Waals surface area contributed by atoms with Crippen molar-refractivity contribution in [2.75, 3.05) is 19.8 Å². The summed E-state index contributed by atoms with van der Waals surface area (Å²) in [4.78, 5) is 14.5. The quantitative estimate of drug-likeness (QED) is 0.591. The summed E-state index contributed by atoms with van der Waals surface area (Å²) in [5.74, 6) is -0.128. The fourth-order valence-electron chi connectivity index (χ4n) is 4.79. The van der Waals surface area contributed by atoms with Gasteiger partial charge in [-0.05, 0) is 42.2 Å². The molecule has 0 saturated carbocycles. The number of benzene rings is 2. The van der Waals surface area contributed by atoms with E-state index in [1.807, 2.05) is 17.0 Å². The van der Waals surface area contributed by atoms with Crippen LogP contribution in [0.2, 0.25) is 5.02 Å². The van der Waals surface area contributed by atoms with E-state index in [0.717, 1.165) is 17.7 Å². The summed E-state index contributed by atoms with van der Waals surface area (Å²) < 4.78 is 51.4. The zero-order valence-corrected chi connectivity index (χ0v) is 20.5. The van der Waals surface area contributed by atoms with Crippen LogP contribution in [-0.4, -0.2) is 60.0 Å². The van der Waals surface area contributed by atoms with E-state index in [4.69, 9.17) is 21.1 Å². The maximum atomic E-state index is 13.2. The number of hydrogen-bond donors (Lipinski definition) is 2. The number of carbonyl (C=O) groups excluding carboxylic acids is 1. The van der Waals surface area contributed by atoms with Crippen LogP contribution in [0.3, 0.4) is 0 Å². The number of rotatable bonds is 6. The predicted octanol–water partition coefficient (Wildman–Crippen LogP) is 4.17. The molecule has 2 aromatic carbocycles. The van der Waals surface area contributed by atoms with E-state index in [-0.39, 0.29) is 56.9 Å². The van der Waals surface area contributed by atoms with Crippen molar-refractivity contribution in [2.24, 2.45) is 0 Å². The van der Waals surface area contributed by atoms with Gasteiger partial charge in [0.25, 0.3) is 0 Å². The third-order valence-electron chi connectivity index (χ3n) is 6.54.